The van der Waals surface area contributed by atoms with Gasteiger partial charge in [-0.15, -0.1) is 11.3 Å². The van der Waals surface area contributed by atoms with Gasteiger partial charge in [-0.25, -0.2) is 19.9 Å². The molecule has 3 aliphatic carbocycles. The van der Waals surface area contributed by atoms with Gasteiger partial charge in [0.2, 0.25) is 23.8 Å². The van der Waals surface area contributed by atoms with E-state index in [1.807, 2.05) is 39.8 Å². The highest BCUT2D eigenvalue weighted by Gasteiger charge is 2.37. The minimum absolute atomic E-state index is 0.0434. The molecule has 12 heterocycles. The minimum atomic E-state index is -0.186. The average Bonchev–Trinajstić information content (AvgIpc) is 1.63. The van der Waals surface area contributed by atoms with E-state index in [1.54, 1.807) is 12.4 Å². The number of nitrogens with zero attached hydrogens (tertiary/aromatic N) is 15. The van der Waals surface area contributed by atoms with Crippen LogP contribution in [-0.4, -0.2) is 203 Å². The lowest BCUT2D eigenvalue weighted by Gasteiger charge is -2.37. The zero-order chi connectivity index (χ0) is 76.1. The van der Waals surface area contributed by atoms with E-state index in [0.29, 0.717) is 88.5 Å². The third-order valence-corrected chi connectivity index (χ3v) is 25.7. The molecule has 0 bridgehead atoms. The molecule has 0 spiro atoms. The van der Waals surface area contributed by atoms with Crippen molar-refractivity contribution in [1.29, 1.82) is 0 Å². The van der Waals surface area contributed by atoms with Crippen LogP contribution in [-0.2, 0) is 9.59 Å². The number of anilines is 3. The summed E-state index contributed by atoms with van der Waals surface area (Å²) in [5, 5.41) is 46.5. The fourth-order valence-electron chi connectivity index (χ4n) is 18.7. The van der Waals surface area contributed by atoms with E-state index in [2.05, 4.69) is 126 Å². The van der Waals surface area contributed by atoms with Crippen LogP contribution < -0.4 is 16.0 Å². The molecule has 7 aromatic rings. The molecule has 3 amide bonds. The van der Waals surface area contributed by atoms with Gasteiger partial charge in [0.25, 0.3) is 11.8 Å². The lowest BCUT2D eigenvalue weighted by Crippen LogP contribution is -2.45. The zero-order valence-electron chi connectivity index (χ0n) is 66.1. The van der Waals surface area contributed by atoms with Crippen molar-refractivity contribution in [2.45, 2.75) is 301 Å². The Morgan fingerprint density at radius 2 is 0.844 bits per heavy atom. The Labute approximate surface area is 649 Å². The molecule has 15 rings (SSSR count). The normalized spacial score (nSPS) is 23.8. The molecule has 5 aliphatic heterocycles. The second-order valence-electron chi connectivity index (χ2n) is 33.0. The molecule has 0 aromatic carbocycles. The predicted octanol–water partition coefficient (Wildman–Crippen LogP) is 14.9. The first-order chi connectivity index (χ1) is 53.0. The molecular weight excluding hydrogens is 1390 g/mol. The Morgan fingerprint density at radius 3 is 1.18 bits per heavy atom. The highest BCUT2D eigenvalue weighted by molar-refractivity contribution is 7.11. The SMILES string of the molecule is CCC[C@H](C)Nc1ncc2c(C3CCN(C(=O)C4=CCC=N4)CC3)cn(C3CCC(O)CC3)c2n1.CCC[C@H](C)Nc1ncc2c(C3CCN(C(=O)C4CCN(CCC)CC4)CC3)cn(C3CCC(O)CC3)c2n1.CCC[C@H](C)Nc1ncc2c(C3CCN(C(=O)c4nccs4)CC3)cn(C3CCC(O)CC3)c2n1. The summed E-state index contributed by atoms with van der Waals surface area (Å²) in [4.78, 5) is 84.9. The highest BCUT2D eigenvalue weighted by atomic mass is 32.1. The second kappa shape index (κ2) is 37.7. The number of hydrogen-bond acceptors (Lipinski definition) is 19. The monoisotopic (exact) mass is 1510 g/mol. The zero-order valence-corrected chi connectivity index (χ0v) is 66.9. The number of nitrogens with one attached hydrogen (secondary N) is 3. The maximum atomic E-state index is 13.3. The molecule has 592 valence electrons. The maximum absolute atomic E-state index is 13.3. The van der Waals surface area contributed by atoms with Crippen LogP contribution in [0.3, 0.4) is 0 Å². The number of rotatable bonds is 23. The standard InChI is InChI=1S/C31H50N6O2.C27H38N6O2.C26H36N6O2S/c1-4-6-22(3)33-31-32-20-27-28(21-37(29(27)34-31)25-7-9-26(38)10-8-25)23-13-18-36(19-14-23)30(39)24-11-16-35(15-5-2)17-12-24;1-3-5-18(2)30-27-29-16-22-23(17-33(25(22)31-27)20-7-9-21(34)10-8-20)19-11-14-32(15-12-19)26(35)24-6-4-13-28-24;1-3-4-17(2)29-26-28-15-21-22(16-32(23(21)30-26)19-5-7-20(33)8-6-19)18-9-12-31(13-10-18)25(34)24-27-11-14-35-24/h20-26,38H,4-19H2,1-3H3,(H,32,33,34);6,13,16-21,34H,3-5,7-12,14-15H2,1-2H3,(H,29,30,31);11,14-20,33H,3-10,12-13H2,1-2H3,(H,28,29,30)/t22-,25?,26?;18-,20?,21?;17-,19?,20?/m000/s1. The Hall–Kier alpha value is -7.45. The number of carbonyl (C=O) groups excluding carboxylic acids is 3. The summed E-state index contributed by atoms with van der Waals surface area (Å²) in [6.07, 6.45) is 44.9. The van der Waals surface area contributed by atoms with Crippen LogP contribution in [0.4, 0.5) is 17.8 Å². The molecule has 4 saturated heterocycles. The third-order valence-electron chi connectivity index (χ3n) is 24.9. The van der Waals surface area contributed by atoms with Gasteiger partial charge in [-0.2, -0.15) is 15.0 Å². The Morgan fingerprint density at radius 1 is 0.468 bits per heavy atom. The summed E-state index contributed by atoms with van der Waals surface area (Å²) >= 11 is 1.41. The number of aliphatic imine (C=N–C) groups is 1. The predicted molar refractivity (Wildman–Crippen MR) is 435 cm³/mol. The van der Waals surface area contributed by atoms with Crippen molar-refractivity contribution >= 4 is 86.2 Å². The number of piperidine rings is 4. The number of aromatic nitrogens is 10. The smallest absolute Gasteiger partial charge is 0.282 e. The molecule has 3 saturated carbocycles. The molecule has 7 aromatic heterocycles. The van der Waals surface area contributed by atoms with E-state index in [4.69, 9.17) is 19.9 Å². The summed E-state index contributed by atoms with van der Waals surface area (Å²) in [7, 11) is 0. The Balaban J connectivity index is 0.000000144. The first kappa shape index (κ1) is 79.6. The van der Waals surface area contributed by atoms with Gasteiger partial charge in [0, 0.05) is 159 Å². The molecule has 6 N–H and O–H groups in total. The maximum Gasteiger partial charge on any atom is 0.282 e. The molecule has 25 heteroatoms. The summed E-state index contributed by atoms with van der Waals surface area (Å²) in [5.74, 6) is 3.92. The van der Waals surface area contributed by atoms with Gasteiger partial charge in [0.05, 0.1) is 18.3 Å². The van der Waals surface area contributed by atoms with Gasteiger partial charge in [-0.05, 0) is 235 Å². The number of aliphatic hydroxyl groups is 3. The van der Waals surface area contributed by atoms with Crippen LogP contribution in [0.15, 0.2) is 65.5 Å². The van der Waals surface area contributed by atoms with Crippen molar-refractivity contribution < 1.29 is 29.7 Å². The van der Waals surface area contributed by atoms with Crippen LogP contribution in [0.25, 0.3) is 33.1 Å². The summed E-state index contributed by atoms with van der Waals surface area (Å²) in [6, 6.07) is 2.04. The second-order valence-corrected chi connectivity index (χ2v) is 33.9. The minimum Gasteiger partial charge on any atom is -0.393 e. The largest absolute Gasteiger partial charge is 0.393 e. The topological polar surface area (TPSA) is 278 Å². The molecule has 0 unspecified atom stereocenters. The number of fused-ring (bicyclic) bond motifs is 3. The van der Waals surface area contributed by atoms with E-state index < -0.39 is 0 Å². The Bertz CT molecular complexity index is 4150. The summed E-state index contributed by atoms with van der Waals surface area (Å²) in [5.41, 5.74) is 7.51. The number of aliphatic hydroxyl groups excluding tert-OH is 3. The lowest BCUT2D eigenvalue weighted by molar-refractivity contribution is -0.138. The molecule has 109 heavy (non-hydrogen) atoms. The van der Waals surface area contributed by atoms with Crippen molar-refractivity contribution in [2.75, 3.05) is 74.9 Å². The summed E-state index contributed by atoms with van der Waals surface area (Å²) < 4.78 is 7.08. The van der Waals surface area contributed by atoms with Crippen molar-refractivity contribution in [3.05, 3.63) is 82.2 Å². The van der Waals surface area contributed by atoms with Crippen LogP contribution in [0, 0.1) is 5.92 Å². The molecule has 0 radical (unpaired) electrons. The fraction of sp³-hybridized carbons (Fsp3) is 0.679. The van der Waals surface area contributed by atoms with Crippen LogP contribution in [0.2, 0.25) is 0 Å². The van der Waals surface area contributed by atoms with Crippen LogP contribution >= 0.6 is 11.3 Å². The van der Waals surface area contributed by atoms with E-state index in [-0.39, 0.29) is 36.0 Å². The van der Waals surface area contributed by atoms with Gasteiger partial charge in [-0.1, -0.05) is 47.0 Å². The Kier molecular flexibility index (Phi) is 27.6. The van der Waals surface area contributed by atoms with E-state index in [1.165, 1.54) is 34.4 Å². The molecule has 7 fully saturated rings. The first-order valence-electron chi connectivity index (χ1n) is 42.2. The van der Waals surface area contributed by atoms with Crippen molar-refractivity contribution in [3.63, 3.8) is 0 Å². The summed E-state index contributed by atoms with van der Waals surface area (Å²) in [6.45, 7) is 23.3. The van der Waals surface area contributed by atoms with E-state index >= 15 is 0 Å². The number of carbonyl (C=O) groups is 3. The van der Waals surface area contributed by atoms with Crippen molar-refractivity contribution in [3.8, 4) is 0 Å². The fourth-order valence-corrected chi connectivity index (χ4v) is 19.3. The van der Waals surface area contributed by atoms with Crippen molar-refractivity contribution in [2.24, 2.45) is 10.9 Å². The number of thiazole rings is 1. The lowest BCUT2D eigenvalue weighted by atomic mass is 9.88. The van der Waals surface area contributed by atoms with Gasteiger partial charge in [0.1, 0.15) is 22.6 Å². The van der Waals surface area contributed by atoms with E-state index in [9.17, 15) is 29.7 Å². The van der Waals surface area contributed by atoms with Gasteiger partial charge in [0.15, 0.2) is 5.01 Å². The van der Waals surface area contributed by atoms with Gasteiger partial charge in [-0.3, -0.25) is 19.4 Å². The third kappa shape index (κ3) is 19.5. The number of hydrogen-bond donors (Lipinski definition) is 6. The highest BCUT2D eigenvalue weighted by Crippen LogP contribution is 2.43. The number of likely N-dealkylation sites (tertiary alicyclic amines) is 4. The molecule has 3 atom stereocenters. The van der Waals surface area contributed by atoms with Crippen molar-refractivity contribution in [1.82, 2.24) is 68.2 Å². The molecule has 24 nitrogen and oxygen atoms in total. The number of allylic oxidation sites excluding steroid dienone is 1. The van der Waals surface area contributed by atoms with Gasteiger partial charge < -0.3 is 64.6 Å². The molecule has 8 aliphatic rings. The quantitative estimate of drug-likeness (QED) is 0.0347. The van der Waals surface area contributed by atoms with E-state index in [0.717, 1.165) is 265 Å². The van der Waals surface area contributed by atoms with Crippen LogP contribution in [0.5, 0.6) is 0 Å². The number of amides is 3. The van der Waals surface area contributed by atoms with Crippen LogP contribution in [0.1, 0.15) is 291 Å². The average molecular weight is 1510 g/mol. The van der Waals surface area contributed by atoms with Gasteiger partial charge >= 0.3 is 0 Å². The molecular formula is C84H124N18O6S. The first-order valence-corrected chi connectivity index (χ1v) is 43.1.